The summed E-state index contributed by atoms with van der Waals surface area (Å²) in [5, 5.41) is 9.34. The highest BCUT2D eigenvalue weighted by molar-refractivity contribution is 4.83. The summed E-state index contributed by atoms with van der Waals surface area (Å²) in [6.07, 6.45) is 4.89. The molecule has 3 nitrogen and oxygen atoms in total. The van der Waals surface area contributed by atoms with Crippen LogP contribution in [0, 0.1) is 5.92 Å². The molecule has 1 saturated carbocycles. The van der Waals surface area contributed by atoms with Crippen LogP contribution in [0.4, 0.5) is 0 Å². The van der Waals surface area contributed by atoms with Crippen LogP contribution in [0.2, 0.25) is 0 Å². The average Bonchev–Trinajstić information content (AvgIpc) is 2.16. The van der Waals surface area contributed by atoms with E-state index in [9.17, 15) is 5.11 Å². The number of hydrogen-bond acceptors (Lipinski definition) is 3. The first-order chi connectivity index (χ1) is 6.65. The second-order valence-corrected chi connectivity index (χ2v) is 4.64. The molecular formula is C11H24N2O. The van der Waals surface area contributed by atoms with Gasteiger partial charge in [-0.05, 0) is 39.3 Å². The van der Waals surface area contributed by atoms with E-state index in [4.69, 9.17) is 5.73 Å². The molecule has 0 heterocycles. The third kappa shape index (κ3) is 3.23. The Morgan fingerprint density at radius 3 is 2.64 bits per heavy atom. The van der Waals surface area contributed by atoms with Gasteiger partial charge in [0.15, 0.2) is 0 Å². The van der Waals surface area contributed by atoms with Crippen molar-refractivity contribution in [3.05, 3.63) is 0 Å². The van der Waals surface area contributed by atoms with Crippen LogP contribution in [-0.2, 0) is 0 Å². The lowest BCUT2D eigenvalue weighted by atomic mass is 9.83. The van der Waals surface area contributed by atoms with Crippen LogP contribution in [0.25, 0.3) is 0 Å². The third-order valence-corrected chi connectivity index (χ3v) is 3.29. The Morgan fingerprint density at radius 1 is 1.43 bits per heavy atom. The lowest BCUT2D eigenvalue weighted by Gasteiger charge is -2.38. The Balaban J connectivity index is 2.45. The normalized spacial score (nSPS) is 30.6. The van der Waals surface area contributed by atoms with Gasteiger partial charge in [0.1, 0.15) is 0 Å². The maximum atomic E-state index is 9.34. The van der Waals surface area contributed by atoms with Crippen molar-refractivity contribution < 1.29 is 5.11 Å². The Bertz CT molecular complexity index is 161. The number of nitrogens with zero attached hydrogens (tertiary/aromatic N) is 1. The Kier molecular flexibility index (Phi) is 4.85. The van der Waals surface area contributed by atoms with Gasteiger partial charge in [-0.25, -0.2) is 0 Å². The van der Waals surface area contributed by atoms with E-state index in [1.54, 1.807) is 0 Å². The zero-order chi connectivity index (χ0) is 10.6. The molecule has 1 aliphatic rings. The molecular weight excluding hydrogens is 176 g/mol. The fourth-order valence-corrected chi connectivity index (χ4v) is 2.60. The summed E-state index contributed by atoms with van der Waals surface area (Å²) < 4.78 is 0. The minimum absolute atomic E-state index is 0.236. The summed E-state index contributed by atoms with van der Waals surface area (Å²) in [5.41, 5.74) is 5.77. The van der Waals surface area contributed by atoms with Crippen molar-refractivity contribution >= 4 is 0 Å². The van der Waals surface area contributed by atoms with Crippen molar-refractivity contribution in [3.8, 4) is 0 Å². The number of aliphatic hydroxyl groups is 1. The van der Waals surface area contributed by atoms with E-state index in [-0.39, 0.29) is 6.10 Å². The molecule has 0 aromatic heterocycles. The summed E-state index contributed by atoms with van der Waals surface area (Å²) in [6.45, 7) is 3.40. The topological polar surface area (TPSA) is 49.5 Å². The van der Waals surface area contributed by atoms with Gasteiger partial charge in [-0.1, -0.05) is 12.8 Å². The van der Waals surface area contributed by atoms with E-state index in [1.165, 1.54) is 25.7 Å². The molecule has 1 aliphatic carbocycles. The summed E-state index contributed by atoms with van der Waals surface area (Å²) in [6, 6.07) is 0.586. The number of aliphatic hydroxyl groups excluding tert-OH is 1. The second-order valence-electron chi connectivity index (χ2n) is 4.64. The van der Waals surface area contributed by atoms with Crippen LogP contribution in [0.5, 0.6) is 0 Å². The molecule has 1 fully saturated rings. The van der Waals surface area contributed by atoms with Crippen molar-refractivity contribution in [2.24, 2.45) is 11.7 Å². The van der Waals surface area contributed by atoms with Crippen LogP contribution in [0.15, 0.2) is 0 Å². The Labute approximate surface area is 87.3 Å². The molecule has 3 N–H and O–H groups in total. The van der Waals surface area contributed by atoms with Gasteiger partial charge in [-0.3, -0.25) is 0 Å². The first-order valence-corrected chi connectivity index (χ1v) is 5.73. The largest absolute Gasteiger partial charge is 0.392 e. The molecule has 1 rings (SSSR count). The maximum Gasteiger partial charge on any atom is 0.0639 e. The van der Waals surface area contributed by atoms with Crippen molar-refractivity contribution in [1.29, 1.82) is 0 Å². The fourth-order valence-electron chi connectivity index (χ4n) is 2.60. The van der Waals surface area contributed by atoms with E-state index in [0.717, 1.165) is 13.1 Å². The number of rotatable bonds is 4. The van der Waals surface area contributed by atoms with Gasteiger partial charge in [0, 0.05) is 12.6 Å². The second kappa shape index (κ2) is 5.69. The maximum absolute atomic E-state index is 9.34. The van der Waals surface area contributed by atoms with Gasteiger partial charge in [-0.2, -0.15) is 0 Å². The Hall–Kier alpha value is -0.120. The summed E-state index contributed by atoms with van der Waals surface area (Å²) in [5.74, 6) is 0.632. The zero-order valence-electron chi connectivity index (χ0n) is 9.45. The number of likely N-dealkylation sites (N-methyl/N-ethyl adjacent to an activating group) is 1. The molecule has 0 aromatic rings. The van der Waals surface area contributed by atoms with Crippen LogP contribution in [-0.4, -0.2) is 42.3 Å². The van der Waals surface area contributed by atoms with E-state index in [0.29, 0.717) is 12.0 Å². The third-order valence-electron chi connectivity index (χ3n) is 3.29. The first-order valence-electron chi connectivity index (χ1n) is 5.73. The first kappa shape index (κ1) is 12.0. The van der Waals surface area contributed by atoms with E-state index < -0.39 is 0 Å². The van der Waals surface area contributed by atoms with Crippen molar-refractivity contribution in [2.45, 2.75) is 44.8 Å². The Morgan fingerprint density at radius 2 is 2.07 bits per heavy atom. The van der Waals surface area contributed by atoms with E-state index in [1.807, 2.05) is 6.92 Å². The molecule has 0 aliphatic heterocycles. The van der Waals surface area contributed by atoms with Crippen molar-refractivity contribution in [2.75, 3.05) is 20.1 Å². The van der Waals surface area contributed by atoms with Crippen LogP contribution in [0.3, 0.4) is 0 Å². The molecule has 3 unspecified atom stereocenters. The van der Waals surface area contributed by atoms with Crippen molar-refractivity contribution in [1.82, 2.24) is 4.90 Å². The quantitative estimate of drug-likeness (QED) is 0.706. The van der Waals surface area contributed by atoms with Gasteiger partial charge in [-0.15, -0.1) is 0 Å². The minimum atomic E-state index is -0.236. The highest BCUT2D eigenvalue weighted by atomic mass is 16.3. The standard InChI is InChI=1S/C11H24N2O/c1-9(14)8-13(2)11-6-4-3-5-10(11)7-12/h9-11,14H,3-8,12H2,1-2H3. The zero-order valence-corrected chi connectivity index (χ0v) is 9.45. The predicted octanol–water partition coefficient (Wildman–Crippen LogP) is 0.816. The van der Waals surface area contributed by atoms with E-state index >= 15 is 0 Å². The van der Waals surface area contributed by atoms with Crippen LogP contribution in [0.1, 0.15) is 32.6 Å². The highest BCUT2D eigenvalue weighted by Crippen LogP contribution is 2.27. The molecule has 84 valence electrons. The highest BCUT2D eigenvalue weighted by Gasteiger charge is 2.27. The summed E-state index contributed by atoms with van der Waals surface area (Å²) >= 11 is 0. The van der Waals surface area contributed by atoms with Gasteiger partial charge in [0.05, 0.1) is 6.10 Å². The lowest BCUT2D eigenvalue weighted by Crippen LogP contribution is -2.45. The monoisotopic (exact) mass is 200 g/mol. The molecule has 0 bridgehead atoms. The number of nitrogens with two attached hydrogens (primary N) is 1. The molecule has 14 heavy (non-hydrogen) atoms. The minimum Gasteiger partial charge on any atom is -0.392 e. The SMILES string of the molecule is CC(O)CN(C)C1CCCCC1CN. The van der Waals surface area contributed by atoms with Gasteiger partial charge >= 0.3 is 0 Å². The average molecular weight is 200 g/mol. The van der Waals surface area contributed by atoms with Gasteiger partial charge < -0.3 is 15.7 Å². The molecule has 3 atom stereocenters. The number of hydrogen-bond donors (Lipinski definition) is 2. The van der Waals surface area contributed by atoms with Gasteiger partial charge in [0.25, 0.3) is 0 Å². The molecule has 0 amide bonds. The molecule has 0 radical (unpaired) electrons. The molecule has 0 spiro atoms. The van der Waals surface area contributed by atoms with E-state index in [2.05, 4.69) is 11.9 Å². The summed E-state index contributed by atoms with van der Waals surface area (Å²) in [7, 11) is 2.10. The molecule has 0 saturated heterocycles. The van der Waals surface area contributed by atoms with Crippen LogP contribution >= 0.6 is 0 Å². The summed E-state index contributed by atoms with van der Waals surface area (Å²) in [4.78, 5) is 2.28. The smallest absolute Gasteiger partial charge is 0.0639 e. The molecule has 0 aromatic carbocycles. The fraction of sp³-hybridized carbons (Fsp3) is 1.00. The molecule has 3 heteroatoms. The van der Waals surface area contributed by atoms with Crippen LogP contribution < -0.4 is 5.73 Å². The van der Waals surface area contributed by atoms with Crippen molar-refractivity contribution in [3.63, 3.8) is 0 Å². The lowest BCUT2D eigenvalue weighted by molar-refractivity contribution is 0.0770. The van der Waals surface area contributed by atoms with Gasteiger partial charge in [0.2, 0.25) is 0 Å². The predicted molar refractivity (Wildman–Crippen MR) is 59.1 cm³/mol.